The number of aliphatic hydroxyl groups excluding tert-OH is 1. The third kappa shape index (κ3) is 6.99. The molecule has 0 radical (unpaired) electrons. The van der Waals surface area contributed by atoms with E-state index in [0.717, 1.165) is 19.3 Å². The third-order valence-corrected chi connectivity index (χ3v) is 2.22. The molecule has 3 nitrogen and oxygen atoms in total. The average Bonchev–Trinajstić information content (AvgIpc) is 2.11. The molecule has 0 aromatic carbocycles. The second kappa shape index (κ2) is 7.30. The summed E-state index contributed by atoms with van der Waals surface area (Å²) < 4.78 is 0. The van der Waals surface area contributed by atoms with E-state index in [-0.39, 0.29) is 6.10 Å². The molecule has 0 aliphatic carbocycles. The van der Waals surface area contributed by atoms with Gasteiger partial charge in [0.25, 0.3) is 0 Å². The van der Waals surface area contributed by atoms with Crippen molar-refractivity contribution >= 4 is 0 Å². The van der Waals surface area contributed by atoms with Crippen molar-refractivity contribution in [1.29, 1.82) is 0 Å². The fourth-order valence-corrected chi connectivity index (χ4v) is 1.16. The molecule has 0 spiro atoms. The van der Waals surface area contributed by atoms with Crippen molar-refractivity contribution in [1.82, 2.24) is 5.06 Å². The van der Waals surface area contributed by atoms with Gasteiger partial charge in [-0.25, -0.2) is 0 Å². The Morgan fingerprint density at radius 3 is 2.23 bits per heavy atom. The summed E-state index contributed by atoms with van der Waals surface area (Å²) >= 11 is 0. The van der Waals surface area contributed by atoms with Crippen LogP contribution in [0.25, 0.3) is 0 Å². The lowest BCUT2D eigenvalue weighted by Crippen LogP contribution is -2.21. The van der Waals surface area contributed by atoms with Gasteiger partial charge in [-0.15, -0.1) is 0 Å². The molecule has 80 valence electrons. The van der Waals surface area contributed by atoms with Crippen LogP contribution in [0, 0.1) is 5.92 Å². The van der Waals surface area contributed by atoms with E-state index in [1.165, 1.54) is 0 Å². The molecule has 0 aliphatic rings. The predicted molar refractivity (Wildman–Crippen MR) is 54.3 cm³/mol. The van der Waals surface area contributed by atoms with E-state index >= 15 is 0 Å². The summed E-state index contributed by atoms with van der Waals surface area (Å²) in [7, 11) is 3.76. The zero-order valence-corrected chi connectivity index (χ0v) is 9.29. The quantitative estimate of drug-likeness (QED) is 0.618. The number of hydrogen-bond acceptors (Lipinski definition) is 3. The SMILES string of the molecule is CCC(O)CC(CC)CON(C)C. The normalized spacial score (nSPS) is 16.2. The Hall–Kier alpha value is -0.120. The van der Waals surface area contributed by atoms with Gasteiger partial charge in [-0.3, -0.25) is 4.84 Å². The van der Waals surface area contributed by atoms with Gasteiger partial charge in [0.05, 0.1) is 12.7 Å². The molecular formula is C10H23NO2. The Bertz CT molecular complexity index is 117. The largest absolute Gasteiger partial charge is 0.393 e. The van der Waals surface area contributed by atoms with Gasteiger partial charge in [0.15, 0.2) is 0 Å². The highest BCUT2D eigenvalue weighted by Gasteiger charge is 2.12. The minimum absolute atomic E-state index is 0.171. The van der Waals surface area contributed by atoms with Gasteiger partial charge in [0, 0.05) is 14.1 Å². The maximum Gasteiger partial charge on any atom is 0.0713 e. The van der Waals surface area contributed by atoms with E-state index in [9.17, 15) is 5.11 Å². The highest BCUT2D eigenvalue weighted by molar-refractivity contribution is 4.61. The molecule has 13 heavy (non-hydrogen) atoms. The molecule has 0 heterocycles. The van der Waals surface area contributed by atoms with Crippen LogP contribution < -0.4 is 0 Å². The molecule has 0 aliphatic heterocycles. The van der Waals surface area contributed by atoms with E-state index in [2.05, 4.69) is 6.92 Å². The first-order valence-corrected chi connectivity index (χ1v) is 5.08. The summed E-state index contributed by atoms with van der Waals surface area (Å²) in [5, 5.41) is 11.2. The van der Waals surface area contributed by atoms with E-state index < -0.39 is 0 Å². The first kappa shape index (κ1) is 12.9. The lowest BCUT2D eigenvalue weighted by Gasteiger charge is -2.20. The molecule has 0 fully saturated rings. The first-order valence-electron chi connectivity index (χ1n) is 5.08. The van der Waals surface area contributed by atoms with Gasteiger partial charge in [-0.1, -0.05) is 20.3 Å². The van der Waals surface area contributed by atoms with E-state index in [1.807, 2.05) is 21.0 Å². The molecule has 0 aromatic heterocycles. The zero-order chi connectivity index (χ0) is 10.3. The van der Waals surface area contributed by atoms with Gasteiger partial charge >= 0.3 is 0 Å². The second-order valence-corrected chi connectivity index (χ2v) is 3.68. The standard InChI is InChI=1S/C10H23NO2/c1-5-9(7-10(12)6-2)8-13-11(3)4/h9-10,12H,5-8H2,1-4H3. The van der Waals surface area contributed by atoms with Gasteiger partial charge < -0.3 is 5.11 Å². The van der Waals surface area contributed by atoms with Crippen LogP contribution in [0.2, 0.25) is 0 Å². The monoisotopic (exact) mass is 189 g/mol. The molecule has 2 atom stereocenters. The molecule has 0 amide bonds. The van der Waals surface area contributed by atoms with Crippen LogP contribution in [0.1, 0.15) is 33.1 Å². The summed E-state index contributed by atoms with van der Waals surface area (Å²) in [6, 6.07) is 0. The smallest absolute Gasteiger partial charge is 0.0713 e. The number of nitrogens with zero attached hydrogens (tertiary/aromatic N) is 1. The number of hydroxylamine groups is 2. The van der Waals surface area contributed by atoms with Crippen LogP contribution in [0.5, 0.6) is 0 Å². The zero-order valence-electron chi connectivity index (χ0n) is 9.29. The van der Waals surface area contributed by atoms with Crippen LogP contribution in [0.3, 0.4) is 0 Å². The van der Waals surface area contributed by atoms with E-state index in [0.29, 0.717) is 12.5 Å². The van der Waals surface area contributed by atoms with Crippen molar-refractivity contribution in [3.05, 3.63) is 0 Å². The average molecular weight is 189 g/mol. The topological polar surface area (TPSA) is 32.7 Å². The lowest BCUT2D eigenvalue weighted by atomic mass is 9.99. The molecule has 0 rings (SSSR count). The summed E-state index contributed by atoms with van der Waals surface area (Å²) in [6.07, 6.45) is 2.57. The van der Waals surface area contributed by atoms with Crippen molar-refractivity contribution in [3.8, 4) is 0 Å². The second-order valence-electron chi connectivity index (χ2n) is 3.68. The van der Waals surface area contributed by atoms with Crippen LogP contribution in [0.4, 0.5) is 0 Å². The maximum atomic E-state index is 9.46. The van der Waals surface area contributed by atoms with Crippen molar-refractivity contribution < 1.29 is 9.94 Å². The highest BCUT2D eigenvalue weighted by Crippen LogP contribution is 2.13. The summed E-state index contributed by atoms with van der Waals surface area (Å²) in [6.45, 7) is 4.84. The van der Waals surface area contributed by atoms with E-state index in [4.69, 9.17) is 4.84 Å². The fourth-order valence-electron chi connectivity index (χ4n) is 1.16. The Morgan fingerprint density at radius 2 is 1.85 bits per heavy atom. The van der Waals surface area contributed by atoms with Crippen LogP contribution in [0.15, 0.2) is 0 Å². The van der Waals surface area contributed by atoms with Crippen LogP contribution in [-0.2, 0) is 4.84 Å². The van der Waals surface area contributed by atoms with Crippen LogP contribution >= 0.6 is 0 Å². The lowest BCUT2D eigenvalue weighted by molar-refractivity contribution is -0.135. The molecule has 2 unspecified atom stereocenters. The molecule has 0 saturated heterocycles. The minimum Gasteiger partial charge on any atom is -0.393 e. The number of aliphatic hydroxyl groups is 1. The molecule has 1 N–H and O–H groups in total. The van der Waals surface area contributed by atoms with Crippen molar-refractivity contribution in [3.63, 3.8) is 0 Å². The van der Waals surface area contributed by atoms with Crippen LogP contribution in [-0.4, -0.2) is 37.0 Å². The van der Waals surface area contributed by atoms with Gasteiger partial charge in [-0.2, -0.15) is 5.06 Å². The summed E-state index contributed by atoms with van der Waals surface area (Å²) in [5.41, 5.74) is 0. The van der Waals surface area contributed by atoms with Gasteiger partial charge in [0.1, 0.15) is 0 Å². The number of rotatable bonds is 7. The minimum atomic E-state index is -0.171. The summed E-state index contributed by atoms with van der Waals surface area (Å²) in [5.74, 6) is 0.470. The van der Waals surface area contributed by atoms with Gasteiger partial charge in [0.2, 0.25) is 0 Å². The molecule has 0 aromatic rings. The maximum absolute atomic E-state index is 9.46. The molecule has 0 bridgehead atoms. The summed E-state index contributed by atoms with van der Waals surface area (Å²) in [4.78, 5) is 5.36. The number of hydrogen-bond donors (Lipinski definition) is 1. The molecule has 0 saturated carbocycles. The Balaban J connectivity index is 3.62. The Morgan fingerprint density at radius 1 is 1.23 bits per heavy atom. The molecule has 3 heteroatoms. The Labute approximate surface area is 81.6 Å². The van der Waals surface area contributed by atoms with Crippen molar-refractivity contribution in [2.24, 2.45) is 5.92 Å². The van der Waals surface area contributed by atoms with Crippen molar-refractivity contribution in [2.45, 2.75) is 39.2 Å². The third-order valence-electron chi connectivity index (χ3n) is 2.22. The van der Waals surface area contributed by atoms with Gasteiger partial charge in [-0.05, 0) is 18.8 Å². The highest BCUT2D eigenvalue weighted by atomic mass is 16.7. The molecular weight excluding hydrogens is 166 g/mol. The fraction of sp³-hybridized carbons (Fsp3) is 1.00. The Kier molecular flexibility index (Phi) is 7.23. The van der Waals surface area contributed by atoms with E-state index in [1.54, 1.807) is 5.06 Å². The predicted octanol–water partition coefficient (Wildman–Crippen LogP) is 1.67. The first-order chi connectivity index (χ1) is 6.10. The van der Waals surface area contributed by atoms with Crippen molar-refractivity contribution in [2.75, 3.05) is 20.7 Å².